The van der Waals surface area contributed by atoms with Crippen molar-refractivity contribution in [2.24, 2.45) is 0 Å². The van der Waals surface area contributed by atoms with Crippen molar-refractivity contribution >= 4 is 17.5 Å². The molecular formula is C19H21FN2O3. The Morgan fingerprint density at radius 2 is 1.64 bits per heavy atom. The lowest BCUT2D eigenvalue weighted by Crippen LogP contribution is -2.33. The van der Waals surface area contributed by atoms with Gasteiger partial charge in [0.25, 0.3) is 11.8 Å². The number of carbonyl (C=O) groups is 2. The first-order chi connectivity index (χ1) is 11.9. The highest BCUT2D eigenvalue weighted by Gasteiger charge is 2.18. The van der Waals surface area contributed by atoms with E-state index in [4.69, 9.17) is 4.74 Å². The molecule has 0 aliphatic heterocycles. The Kier molecular flexibility index (Phi) is 6.11. The average molecular weight is 344 g/mol. The Morgan fingerprint density at radius 3 is 2.28 bits per heavy atom. The Balaban J connectivity index is 2.07. The minimum atomic E-state index is -0.813. The fraction of sp³-hybridized carbons (Fsp3) is 0.263. The number of para-hydroxylation sites is 1. The quantitative estimate of drug-likeness (QED) is 0.844. The summed E-state index contributed by atoms with van der Waals surface area (Å²) in [6.07, 6.45) is -0.813. The molecule has 0 fully saturated rings. The molecule has 2 amide bonds. The standard InChI is InChI=1S/C19H21FN2O3/c1-12(2)21-19(24)16-6-4-5-7-17(16)22-18(23)13(3)25-15-10-8-14(20)9-11-15/h4-13H,1-3H3,(H,21,24)(H,22,23)/t13-/m1/s1. The normalized spacial score (nSPS) is 11.7. The van der Waals surface area contributed by atoms with Gasteiger partial charge < -0.3 is 15.4 Å². The van der Waals surface area contributed by atoms with Gasteiger partial charge in [0.15, 0.2) is 6.10 Å². The number of rotatable bonds is 6. The predicted octanol–water partition coefficient (Wildman–Crippen LogP) is 3.37. The van der Waals surface area contributed by atoms with E-state index in [1.165, 1.54) is 24.3 Å². The summed E-state index contributed by atoms with van der Waals surface area (Å²) in [6, 6.07) is 12.1. The lowest BCUT2D eigenvalue weighted by Gasteiger charge is -2.17. The zero-order valence-electron chi connectivity index (χ0n) is 14.4. The third-order valence-electron chi connectivity index (χ3n) is 3.35. The van der Waals surface area contributed by atoms with Crippen molar-refractivity contribution < 1.29 is 18.7 Å². The van der Waals surface area contributed by atoms with Gasteiger partial charge in [0.2, 0.25) is 0 Å². The number of ether oxygens (including phenoxy) is 1. The molecular weight excluding hydrogens is 323 g/mol. The topological polar surface area (TPSA) is 67.4 Å². The Hall–Kier alpha value is -2.89. The van der Waals surface area contributed by atoms with Crippen LogP contribution in [0.3, 0.4) is 0 Å². The first-order valence-electron chi connectivity index (χ1n) is 8.00. The number of nitrogens with one attached hydrogen (secondary N) is 2. The molecule has 0 aromatic heterocycles. The van der Waals surface area contributed by atoms with Crippen LogP contribution in [-0.4, -0.2) is 24.0 Å². The molecule has 2 aromatic carbocycles. The van der Waals surface area contributed by atoms with Crippen molar-refractivity contribution in [2.45, 2.75) is 32.9 Å². The van der Waals surface area contributed by atoms with Crippen LogP contribution in [-0.2, 0) is 4.79 Å². The van der Waals surface area contributed by atoms with E-state index in [9.17, 15) is 14.0 Å². The summed E-state index contributed by atoms with van der Waals surface area (Å²) in [4.78, 5) is 24.6. The lowest BCUT2D eigenvalue weighted by atomic mass is 10.1. The largest absolute Gasteiger partial charge is 0.481 e. The summed E-state index contributed by atoms with van der Waals surface area (Å²) < 4.78 is 18.4. The summed E-state index contributed by atoms with van der Waals surface area (Å²) in [6.45, 7) is 5.30. The van der Waals surface area contributed by atoms with Crippen LogP contribution in [0, 0.1) is 5.82 Å². The van der Waals surface area contributed by atoms with E-state index in [1.54, 1.807) is 31.2 Å². The number of benzene rings is 2. The van der Waals surface area contributed by atoms with E-state index in [0.29, 0.717) is 17.0 Å². The highest BCUT2D eigenvalue weighted by Crippen LogP contribution is 2.17. The number of hydrogen-bond acceptors (Lipinski definition) is 3. The zero-order chi connectivity index (χ0) is 18.4. The van der Waals surface area contributed by atoms with Crippen molar-refractivity contribution in [1.29, 1.82) is 0 Å². The molecule has 0 aliphatic rings. The molecule has 1 atom stereocenters. The smallest absolute Gasteiger partial charge is 0.265 e. The van der Waals surface area contributed by atoms with Gasteiger partial charge in [-0.15, -0.1) is 0 Å². The van der Waals surface area contributed by atoms with Crippen LogP contribution in [0.1, 0.15) is 31.1 Å². The number of halogens is 1. The van der Waals surface area contributed by atoms with Crippen LogP contribution < -0.4 is 15.4 Å². The van der Waals surface area contributed by atoms with Gasteiger partial charge in [0.05, 0.1) is 11.3 Å². The Labute approximate surface area is 146 Å². The second-order valence-electron chi connectivity index (χ2n) is 5.88. The molecule has 0 saturated carbocycles. The van der Waals surface area contributed by atoms with E-state index in [0.717, 1.165) is 0 Å². The van der Waals surface area contributed by atoms with Crippen LogP contribution in [0.2, 0.25) is 0 Å². The monoisotopic (exact) mass is 344 g/mol. The van der Waals surface area contributed by atoms with E-state index in [2.05, 4.69) is 10.6 Å². The van der Waals surface area contributed by atoms with Crippen molar-refractivity contribution in [3.05, 3.63) is 59.9 Å². The van der Waals surface area contributed by atoms with Crippen LogP contribution in [0.15, 0.2) is 48.5 Å². The van der Waals surface area contributed by atoms with E-state index in [-0.39, 0.29) is 17.8 Å². The van der Waals surface area contributed by atoms with Crippen LogP contribution >= 0.6 is 0 Å². The van der Waals surface area contributed by atoms with Gasteiger partial charge in [-0.3, -0.25) is 9.59 Å². The molecule has 2 rings (SSSR count). The summed E-state index contributed by atoms with van der Waals surface area (Å²) >= 11 is 0. The molecule has 0 bridgehead atoms. The molecule has 0 unspecified atom stereocenters. The fourth-order valence-corrected chi connectivity index (χ4v) is 2.14. The second-order valence-corrected chi connectivity index (χ2v) is 5.88. The predicted molar refractivity (Wildman–Crippen MR) is 94.2 cm³/mol. The molecule has 0 radical (unpaired) electrons. The summed E-state index contributed by atoms with van der Waals surface area (Å²) in [5.41, 5.74) is 0.777. The maximum absolute atomic E-state index is 12.9. The van der Waals surface area contributed by atoms with Crippen LogP contribution in [0.25, 0.3) is 0 Å². The molecule has 6 heteroatoms. The average Bonchev–Trinajstić information content (AvgIpc) is 2.56. The lowest BCUT2D eigenvalue weighted by molar-refractivity contribution is -0.122. The third-order valence-corrected chi connectivity index (χ3v) is 3.35. The van der Waals surface area contributed by atoms with Gasteiger partial charge in [-0.2, -0.15) is 0 Å². The number of carbonyl (C=O) groups excluding carboxylic acids is 2. The van der Waals surface area contributed by atoms with Gasteiger partial charge >= 0.3 is 0 Å². The molecule has 0 aliphatic carbocycles. The molecule has 2 aromatic rings. The zero-order valence-corrected chi connectivity index (χ0v) is 14.4. The van der Waals surface area contributed by atoms with Gasteiger partial charge in [-0.1, -0.05) is 12.1 Å². The first kappa shape index (κ1) is 18.4. The summed E-state index contributed by atoms with van der Waals surface area (Å²) in [5, 5.41) is 5.49. The summed E-state index contributed by atoms with van der Waals surface area (Å²) in [7, 11) is 0. The van der Waals surface area contributed by atoms with Gasteiger partial charge in [-0.05, 0) is 57.2 Å². The summed E-state index contributed by atoms with van der Waals surface area (Å²) in [5.74, 6) is -0.670. The maximum Gasteiger partial charge on any atom is 0.265 e. The Bertz CT molecular complexity index is 745. The molecule has 2 N–H and O–H groups in total. The molecule has 0 heterocycles. The Morgan fingerprint density at radius 1 is 1.00 bits per heavy atom. The fourth-order valence-electron chi connectivity index (χ4n) is 2.14. The van der Waals surface area contributed by atoms with E-state index < -0.39 is 12.0 Å². The third kappa shape index (κ3) is 5.31. The second kappa shape index (κ2) is 8.28. The van der Waals surface area contributed by atoms with Crippen molar-refractivity contribution in [3.8, 4) is 5.75 Å². The minimum Gasteiger partial charge on any atom is -0.481 e. The number of amides is 2. The molecule has 5 nitrogen and oxygen atoms in total. The first-order valence-corrected chi connectivity index (χ1v) is 8.00. The highest BCUT2D eigenvalue weighted by atomic mass is 19.1. The highest BCUT2D eigenvalue weighted by molar-refractivity contribution is 6.04. The van der Waals surface area contributed by atoms with Crippen LogP contribution in [0.5, 0.6) is 5.75 Å². The minimum absolute atomic E-state index is 0.0167. The van der Waals surface area contributed by atoms with Gasteiger partial charge in [0.1, 0.15) is 11.6 Å². The van der Waals surface area contributed by atoms with Gasteiger partial charge in [0, 0.05) is 6.04 Å². The maximum atomic E-state index is 12.9. The number of anilines is 1. The number of hydrogen-bond donors (Lipinski definition) is 2. The van der Waals surface area contributed by atoms with E-state index >= 15 is 0 Å². The molecule has 0 spiro atoms. The van der Waals surface area contributed by atoms with Crippen molar-refractivity contribution in [1.82, 2.24) is 5.32 Å². The van der Waals surface area contributed by atoms with E-state index in [1.807, 2.05) is 13.8 Å². The SMILES string of the molecule is CC(C)NC(=O)c1ccccc1NC(=O)[C@@H](C)Oc1ccc(F)cc1. The van der Waals surface area contributed by atoms with Gasteiger partial charge in [-0.25, -0.2) is 4.39 Å². The molecule has 132 valence electrons. The molecule has 0 saturated heterocycles. The molecule has 25 heavy (non-hydrogen) atoms. The van der Waals surface area contributed by atoms with Crippen molar-refractivity contribution in [2.75, 3.05) is 5.32 Å². The van der Waals surface area contributed by atoms with Crippen LogP contribution in [0.4, 0.5) is 10.1 Å². The van der Waals surface area contributed by atoms with Crippen molar-refractivity contribution in [3.63, 3.8) is 0 Å².